The molecule has 1 aliphatic heterocycles. The molecule has 7 heteroatoms. The molecule has 0 atom stereocenters. The summed E-state index contributed by atoms with van der Waals surface area (Å²) in [4.78, 5) is 14.4. The second-order valence-corrected chi connectivity index (χ2v) is 7.78. The summed E-state index contributed by atoms with van der Waals surface area (Å²) in [5.41, 5.74) is 3.29. The highest BCUT2D eigenvalue weighted by molar-refractivity contribution is 5.86. The maximum atomic E-state index is 4.85. The summed E-state index contributed by atoms with van der Waals surface area (Å²) < 4.78 is 2.21. The minimum Gasteiger partial charge on any atom is -0.364 e. The molecule has 3 aromatic heterocycles. The summed E-state index contributed by atoms with van der Waals surface area (Å²) in [7, 11) is 0. The molecule has 7 nitrogen and oxygen atoms in total. The average molecular weight is 365 g/mol. The van der Waals surface area contributed by atoms with Crippen molar-refractivity contribution in [3.05, 3.63) is 36.0 Å². The molecule has 5 rings (SSSR count). The highest BCUT2D eigenvalue weighted by Gasteiger charge is 2.24. The molecule has 0 bridgehead atoms. The van der Waals surface area contributed by atoms with E-state index in [0.29, 0.717) is 6.54 Å². The molecule has 0 amide bonds. The van der Waals surface area contributed by atoms with Gasteiger partial charge in [0.1, 0.15) is 17.8 Å². The third kappa shape index (κ3) is 3.43. The fraction of sp³-hybridized carbons (Fsp3) is 0.550. The molecule has 2 N–H and O–H groups in total. The van der Waals surface area contributed by atoms with E-state index < -0.39 is 0 Å². The Bertz CT molecular complexity index is 906. The number of fused-ring (bicyclic) bond motifs is 2. The summed E-state index contributed by atoms with van der Waals surface area (Å²) in [5, 5.41) is 9.29. The van der Waals surface area contributed by atoms with Crippen LogP contribution in [0, 0.1) is 0 Å². The van der Waals surface area contributed by atoms with Crippen molar-refractivity contribution in [3.63, 3.8) is 0 Å². The SMILES string of the molecule is c1nc(NCc2cc3n(n2)CCCN(C2CCCCC2)C3)c2cc[nH]c2n1. The Labute approximate surface area is 159 Å². The van der Waals surface area contributed by atoms with Crippen molar-refractivity contribution in [1.29, 1.82) is 0 Å². The Kier molecular flexibility index (Phi) is 4.53. The van der Waals surface area contributed by atoms with Crippen molar-refractivity contribution in [2.45, 2.75) is 64.2 Å². The van der Waals surface area contributed by atoms with Gasteiger partial charge in [0.2, 0.25) is 0 Å². The molecular formula is C20H27N7. The van der Waals surface area contributed by atoms with Crippen LogP contribution in [0.2, 0.25) is 0 Å². The van der Waals surface area contributed by atoms with Gasteiger partial charge in [-0.3, -0.25) is 9.58 Å². The molecule has 4 heterocycles. The predicted octanol–water partition coefficient (Wildman–Crippen LogP) is 3.30. The van der Waals surface area contributed by atoms with E-state index in [1.807, 2.05) is 12.3 Å². The largest absolute Gasteiger partial charge is 0.364 e. The summed E-state index contributed by atoms with van der Waals surface area (Å²) in [5.74, 6) is 0.855. The summed E-state index contributed by atoms with van der Waals surface area (Å²) in [6, 6.07) is 5.04. The highest BCUT2D eigenvalue weighted by Crippen LogP contribution is 2.26. The third-order valence-electron chi connectivity index (χ3n) is 5.98. The Hall–Kier alpha value is -2.41. The highest BCUT2D eigenvalue weighted by atomic mass is 15.3. The van der Waals surface area contributed by atoms with E-state index in [1.54, 1.807) is 6.33 Å². The first-order valence-corrected chi connectivity index (χ1v) is 10.2. The van der Waals surface area contributed by atoms with E-state index in [4.69, 9.17) is 5.10 Å². The van der Waals surface area contributed by atoms with Gasteiger partial charge in [-0.1, -0.05) is 19.3 Å². The fourth-order valence-corrected chi connectivity index (χ4v) is 4.58. The van der Waals surface area contributed by atoms with Crippen LogP contribution in [0.25, 0.3) is 11.0 Å². The van der Waals surface area contributed by atoms with Crippen LogP contribution in [0.3, 0.4) is 0 Å². The normalized spacial score (nSPS) is 19.1. The lowest BCUT2D eigenvalue weighted by Gasteiger charge is -2.33. The van der Waals surface area contributed by atoms with Crippen molar-refractivity contribution in [2.75, 3.05) is 11.9 Å². The van der Waals surface area contributed by atoms with Crippen LogP contribution in [-0.2, 0) is 19.6 Å². The monoisotopic (exact) mass is 365 g/mol. The molecule has 0 saturated heterocycles. The first kappa shape index (κ1) is 16.7. The maximum absolute atomic E-state index is 4.85. The molecule has 2 aliphatic rings. The molecule has 1 saturated carbocycles. The van der Waals surface area contributed by atoms with Crippen LogP contribution in [0.15, 0.2) is 24.7 Å². The standard InChI is InChI=1S/C20H27N7/c1-2-5-16(6-3-1)26-9-4-10-27-17(13-26)11-15(25-27)12-22-20-18-7-8-21-19(18)23-14-24-20/h7-8,11,14,16H,1-6,9-10,12-13H2,(H2,21,22,23,24). The number of aromatic nitrogens is 5. The lowest BCUT2D eigenvalue weighted by Crippen LogP contribution is -2.36. The van der Waals surface area contributed by atoms with E-state index in [1.165, 1.54) is 50.8 Å². The average Bonchev–Trinajstić information content (AvgIpc) is 3.29. The minimum atomic E-state index is 0.681. The van der Waals surface area contributed by atoms with Gasteiger partial charge >= 0.3 is 0 Å². The number of aryl methyl sites for hydroxylation is 1. The van der Waals surface area contributed by atoms with Crippen molar-refractivity contribution >= 4 is 16.9 Å². The molecule has 0 spiro atoms. The minimum absolute atomic E-state index is 0.681. The molecule has 27 heavy (non-hydrogen) atoms. The van der Waals surface area contributed by atoms with Crippen LogP contribution in [0.5, 0.6) is 0 Å². The van der Waals surface area contributed by atoms with Gasteiger partial charge in [0.15, 0.2) is 0 Å². The zero-order chi connectivity index (χ0) is 18.1. The summed E-state index contributed by atoms with van der Waals surface area (Å²) >= 11 is 0. The van der Waals surface area contributed by atoms with Crippen LogP contribution in [0.1, 0.15) is 49.9 Å². The van der Waals surface area contributed by atoms with E-state index in [9.17, 15) is 0 Å². The van der Waals surface area contributed by atoms with Crippen LogP contribution < -0.4 is 5.32 Å². The number of aromatic amines is 1. The molecule has 1 fully saturated rings. The zero-order valence-corrected chi connectivity index (χ0v) is 15.7. The first-order chi connectivity index (χ1) is 13.4. The van der Waals surface area contributed by atoms with Crippen LogP contribution >= 0.6 is 0 Å². The number of hydrogen-bond donors (Lipinski definition) is 2. The number of H-pyrrole nitrogens is 1. The van der Waals surface area contributed by atoms with Crippen LogP contribution in [-0.4, -0.2) is 42.2 Å². The number of nitrogens with zero attached hydrogens (tertiary/aromatic N) is 5. The number of anilines is 1. The second-order valence-electron chi connectivity index (χ2n) is 7.78. The molecule has 0 aromatic carbocycles. The van der Waals surface area contributed by atoms with Crippen molar-refractivity contribution < 1.29 is 0 Å². The zero-order valence-electron chi connectivity index (χ0n) is 15.7. The first-order valence-electron chi connectivity index (χ1n) is 10.2. The van der Waals surface area contributed by atoms with Gasteiger partial charge in [-0.05, 0) is 31.4 Å². The smallest absolute Gasteiger partial charge is 0.142 e. The van der Waals surface area contributed by atoms with E-state index in [0.717, 1.165) is 41.7 Å². The van der Waals surface area contributed by atoms with Gasteiger partial charge in [0.05, 0.1) is 23.3 Å². The second kappa shape index (κ2) is 7.31. The Morgan fingerprint density at radius 1 is 1.11 bits per heavy atom. The van der Waals surface area contributed by atoms with Gasteiger partial charge in [-0.25, -0.2) is 9.97 Å². The van der Waals surface area contributed by atoms with E-state index >= 15 is 0 Å². The summed E-state index contributed by atoms with van der Waals surface area (Å²) in [6.07, 6.45) is 11.6. The van der Waals surface area contributed by atoms with Gasteiger partial charge in [0.25, 0.3) is 0 Å². The van der Waals surface area contributed by atoms with Crippen LogP contribution in [0.4, 0.5) is 5.82 Å². The van der Waals surface area contributed by atoms with Gasteiger partial charge in [-0.2, -0.15) is 5.10 Å². The molecule has 1 aliphatic carbocycles. The molecule has 0 unspecified atom stereocenters. The lowest BCUT2D eigenvalue weighted by atomic mass is 9.94. The topological polar surface area (TPSA) is 74.7 Å². The predicted molar refractivity (Wildman–Crippen MR) is 105 cm³/mol. The lowest BCUT2D eigenvalue weighted by molar-refractivity contribution is 0.150. The van der Waals surface area contributed by atoms with Gasteiger partial charge < -0.3 is 10.3 Å². The summed E-state index contributed by atoms with van der Waals surface area (Å²) in [6.45, 7) is 3.94. The van der Waals surface area contributed by atoms with E-state index in [-0.39, 0.29) is 0 Å². The van der Waals surface area contributed by atoms with Crippen molar-refractivity contribution in [2.24, 2.45) is 0 Å². The molecular weight excluding hydrogens is 338 g/mol. The molecule has 0 radical (unpaired) electrons. The van der Waals surface area contributed by atoms with Crippen molar-refractivity contribution in [1.82, 2.24) is 29.6 Å². The number of rotatable bonds is 4. The maximum Gasteiger partial charge on any atom is 0.142 e. The van der Waals surface area contributed by atoms with Gasteiger partial charge in [-0.15, -0.1) is 0 Å². The third-order valence-corrected chi connectivity index (χ3v) is 5.98. The number of nitrogens with one attached hydrogen (secondary N) is 2. The number of hydrogen-bond acceptors (Lipinski definition) is 5. The Morgan fingerprint density at radius 3 is 2.96 bits per heavy atom. The Morgan fingerprint density at radius 2 is 2.04 bits per heavy atom. The van der Waals surface area contributed by atoms with Crippen molar-refractivity contribution in [3.8, 4) is 0 Å². The Balaban J connectivity index is 1.29. The molecule has 142 valence electrons. The van der Waals surface area contributed by atoms with Gasteiger partial charge in [0, 0.05) is 31.9 Å². The molecule has 3 aromatic rings. The fourth-order valence-electron chi connectivity index (χ4n) is 4.58. The quantitative estimate of drug-likeness (QED) is 0.742. The van der Waals surface area contributed by atoms with E-state index in [2.05, 4.69) is 35.9 Å².